The van der Waals surface area contributed by atoms with E-state index in [-0.39, 0.29) is 11.9 Å². The number of carbonyl (C=O) groups is 1. The molecule has 1 atom stereocenters. The predicted octanol–water partition coefficient (Wildman–Crippen LogP) is 2.85. The summed E-state index contributed by atoms with van der Waals surface area (Å²) in [7, 11) is 1.67. The van der Waals surface area contributed by atoms with Gasteiger partial charge in [-0.1, -0.05) is 42.5 Å². The Labute approximate surface area is 143 Å². The van der Waals surface area contributed by atoms with Crippen LogP contribution in [0.4, 0.5) is 0 Å². The molecule has 0 spiro atoms. The molecule has 1 saturated carbocycles. The third-order valence-electron chi connectivity index (χ3n) is 4.22. The highest BCUT2D eigenvalue weighted by molar-refractivity contribution is 5.83. The molecule has 126 valence electrons. The lowest BCUT2D eigenvalue weighted by atomic mass is 10.1. The van der Waals surface area contributed by atoms with Crippen LogP contribution in [0.15, 0.2) is 54.6 Å². The fourth-order valence-electron chi connectivity index (χ4n) is 2.71. The van der Waals surface area contributed by atoms with Gasteiger partial charge in [-0.05, 0) is 42.5 Å². The normalized spacial score (nSPS) is 14.9. The van der Waals surface area contributed by atoms with E-state index in [1.807, 2.05) is 48.5 Å². The van der Waals surface area contributed by atoms with Crippen LogP contribution in [0.25, 0.3) is 0 Å². The monoisotopic (exact) mass is 324 g/mol. The number of carbonyl (C=O) groups excluding carboxylic acids is 1. The number of hydrogen-bond donors (Lipinski definition) is 2. The molecule has 1 amide bonds. The van der Waals surface area contributed by atoms with Crippen LogP contribution in [0.3, 0.4) is 0 Å². The Morgan fingerprint density at radius 1 is 1.17 bits per heavy atom. The highest BCUT2D eigenvalue weighted by Crippen LogP contribution is 2.21. The second-order valence-corrected chi connectivity index (χ2v) is 6.18. The van der Waals surface area contributed by atoms with Crippen LogP contribution in [0.5, 0.6) is 5.75 Å². The van der Waals surface area contributed by atoms with E-state index in [1.165, 1.54) is 5.56 Å². The number of methoxy groups -OCH3 is 1. The summed E-state index contributed by atoms with van der Waals surface area (Å²) in [6, 6.07) is 18.0. The zero-order chi connectivity index (χ0) is 16.8. The van der Waals surface area contributed by atoms with Gasteiger partial charge in [0.15, 0.2) is 0 Å². The van der Waals surface area contributed by atoms with Gasteiger partial charge in [-0.2, -0.15) is 0 Å². The van der Waals surface area contributed by atoms with Crippen molar-refractivity contribution in [2.75, 3.05) is 13.7 Å². The average Bonchev–Trinajstić information content (AvgIpc) is 3.43. The SMILES string of the molecule is COc1cccc(CCN[C@@H](C(=O)NC2CC2)c2ccccc2)c1. The fraction of sp³-hybridized carbons (Fsp3) is 0.350. The molecule has 2 aromatic carbocycles. The molecule has 4 heteroatoms. The van der Waals surface area contributed by atoms with Gasteiger partial charge in [-0.3, -0.25) is 4.79 Å². The molecule has 2 aromatic rings. The van der Waals surface area contributed by atoms with E-state index in [1.54, 1.807) is 7.11 Å². The smallest absolute Gasteiger partial charge is 0.241 e. The largest absolute Gasteiger partial charge is 0.497 e. The van der Waals surface area contributed by atoms with Gasteiger partial charge >= 0.3 is 0 Å². The lowest BCUT2D eigenvalue weighted by Gasteiger charge is -2.19. The molecule has 0 aromatic heterocycles. The van der Waals surface area contributed by atoms with Crippen LogP contribution in [0.2, 0.25) is 0 Å². The third kappa shape index (κ3) is 4.59. The van der Waals surface area contributed by atoms with Crippen LogP contribution in [0, 0.1) is 0 Å². The summed E-state index contributed by atoms with van der Waals surface area (Å²) in [6.07, 6.45) is 3.03. The minimum atomic E-state index is -0.308. The Bertz CT molecular complexity index is 668. The second-order valence-electron chi connectivity index (χ2n) is 6.18. The van der Waals surface area contributed by atoms with Crippen molar-refractivity contribution >= 4 is 5.91 Å². The van der Waals surface area contributed by atoms with Crippen molar-refractivity contribution in [3.8, 4) is 5.75 Å². The molecule has 1 aliphatic rings. The van der Waals surface area contributed by atoms with E-state index in [2.05, 4.69) is 16.7 Å². The lowest BCUT2D eigenvalue weighted by molar-refractivity contribution is -0.123. The molecule has 0 aliphatic heterocycles. The van der Waals surface area contributed by atoms with Crippen LogP contribution >= 0.6 is 0 Å². The molecule has 24 heavy (non-hydrogen) atoms. The van der Waals surface area contributed by atoms with Crippen LogP contribution in [0.1, 0.15) is 30.0 Å². The first-order valence-electron chi connectivity index (χ1n) is 8.48. The summed E-state index contributed by atoms with van der Waals surface area (Å²) in [6.45, 7) is 0.727. The third-order valence-corrected chi connectivity index (χ3v) is 4.22. The first-order chi connectivity index (χ1) is 11.8. The van der Waals surface area contributed by atoms with Crippen molar-refractivity contribution in [1.29, 1.82) is 0 Å². The first kappa shape index (κ1) is 16.5. The number of benzene rings is 2. The van der Waals surface area contributed by atoms with Gasteiger partial charge in [0.2, 0.25) is 5.91 Å². The maximum absolute atomic E-state index is 12.5. The standard InChI is InChI=1S/C20H24N2O2/c1-24-18-9-5-6-15(14-18)12-13-21-19(16-7-3-2-4-8-16)20(23)22-17-10-11-17/h2-9,14,17,19,21H,10-13H2,1H3,(H,22,23)/t19-/m1/s1. The summed E-state index contributed by atoms with van der Waals surface area (Å²) < 4.78 is 5.26. The highest BCUT2D eigenvalue weighted by atomic mass is 16.5. The Balaban J connectivity index is 1.61. The van der Waals surface area contributed by atoms with Gasteiger partial charge in [0, 0.05) is 12.6 Å². The molecule has 0 bridgehead atoms. The molecule has 0 radical (unpaired) electrons. The summed E-state index contributed by atoms with van der Waals surface area (Å²) in [5.41, 5.74) is 2.19. The van der Waals surface area contributed by atoms with Crippen molar-refractivity contribution < 1.29 is 9.53 Å². The number of nitrogens with one attached hydrogen (secondary N) is 2. The van der Waals surface area contributed by atoms with Crippen molar-refractivity contribution in [3.05, 3.63) is 65.7 Å². The summed E-state index contributed by atoms with van der Waals surface area (Å²) >= 11 is 0. The van der Waals surface area contributed by atoms with Gasteiger partial charge in [-0.25, -0.2) is 0 Å². The van der Waals surface area contributed by atoms with Gasteiger partial charge < -0.3 is 15.4 Å². The van der Waals surface area contributed by atoms with E-state index >= 15 is 0 Å². The number of amides is 1. The minimum absolute atomic E-state index is 0.0642. The summed E-state index contributed by atoms with van der Waals surface area (Å²) in [5.74, 6) is 0.924. The van der Waals surface area contributed by atoms with Crippen molar-refractivity contribution in [3.63, 3.8) is 0 Å². The summed E-state index contributed by atoms with van der Waals surface area (Å²) in [5, 5.41) is 6.50. The molecule has 1 aliphatic carbocycles. The van der Waals surface area contributed by atoms with Crippen molar-refractivity contribution in [2.24, 2.45) is 0 Å². The Hall–Kier alpha value is -2.33. The zero-order valence-electron chi connectivity index (χ0n) is 14.0. The number of ether oxygens (including phenoxy) is 1. The molecular weight excluding hydrogens is 300 g/mol. The fourth-order valence-corrected chi connectivity index (χ4v) is 2.71. The van der Waals surface area contributed by atoms with Crippen LogP contribution < -0.4 is 15.4 Å². The maximum Gasteiger partial charge on any atom is 0.241 e. The molecule has 3 rings (SSSR count). The topological polar surface area (TPSA) is 50.4 Å². The van der Waals surface area contributed by atoms with Gasteiger partial charge in [0.1, 0.15) is 11.8 Å². The van der Waals surface area contributed by atoms with Gasteiger partial charge in [0.25, 0.3) is 0 Å². The van der Waals surface area contributed by atoms with Crippen LogP contribution in [-0.4, -0.2) is 25.6 Å². The molecule has 4 nitrogen and oxygen atoms in total. The van der Waals surface area contributed by atoms with Gasteiger partial charge in [-0.15, -0.1) is 0 Å². The predicted molar refractivity (Wildman–Crippen MR) is 95.0 cm³/mol. The quantitative estimate of drug-likeness (QED) is 0.785. The molecule has 0 saturated heterocycles. The first-order valence-corrected chi connectivity index (χ1v) is 8.48. The second kappa shape index (κ2) is 7.97. The van der Waals surface area contributed by atoms with E-state index in [9.17, 15) is 4.79 Å². The Morgan fingerprint density at radius 2 is 1.96 bits per heavy atom. The molecule has 0 unspecified atom stereocenters. The molecule has 2 N–H and O–H groups in total. The average molecular weight is 324 g/mol. The van der Waals surface area contributed by atoms with E-state index in [0.29, 0.717) is 6.04 Å². The molecule has 0 heterocycles. The van der Waals surface area contributed by atoms with Crippen LogP contribution in [-0.2, 0) is 11.2 Å². The molecular formula is C20H24N2O2. The number of rotatable bonds is 8. The Morgan fingerprint density at radius 3 is 2.67 bits per heavy atom. The highest BCUT2D eigenvalue weighted by Gasteiger charge is 2.27. The minimum Gasteiger partial charge on any atom is -0.497 e. The van der Waals surface area contributed by atoms with Crippen molar-refractivity contribution in [2.45, 2.75) is 31.3 Å². The van der Waals surface area contributed by atoms with E-state index in [0.717, 1.165) is 37.1 Å². The van der Waals surface area contributed by atoms with E-state index in [4.69, 9.17) is 4.74 Å². The Kier molecular flexibility index (Phi) is 5.49. The summed E-state index contributed by atoms with van der Waals surface area (Å²) in [4.78, 5) is 12.5. The van der Waals surface area contributed by atoms with Gasteiger partial charge in [0.05, 0.1) is 7.11 Å². The van der Waals surface area contributed by atoms with Crippen molar-refractivity contribution in [1.82, 2.24) is 10.6 Å². The maximum atomic E-state index is 12.5. The lowest BCUT2D eigenvalue weighted by Crippen LogP contribution is -2.39. The zero-order valence-corrected chi connectivity index (χ0v) is 14.0. The molecule has 1 fully saturated rings. The number of hydrogen-bond acceptors (Lipinski definition) is 3. The van der Waals surface area contributed by atoms with E-state index < -0.39 is 0 Å².